The van der Waals surface area contributed by atoms with E-state index in [0.29, 0.717) is 58.0 Å². The van der Waals surface area contributed by atoms with Crippen LogP contribution in [0.5, 0.6) is 0 Å². The maximum Gasteiger partial charge on any atom is 0.315 e. The highest BCUT2D eigenvalue weighted by Crippen LogP contribution is 2.33. The summed E-state index contributed by atoms with van der Waals surface area (Å²) in [7, 11) is 1.72. The van der Waals surface area contributed by atoms with Gasteiger partial charge in [0.2, 0.25) is 5.91 Å². The normalized spacial score (nSPS) is 19.3. The fraction of sp³-hybridized carbons (Fsp3) is 0.885. The second-order valence-corrected chi connectivity index (χ2v) is 10.8. The van der Waals surface area contributed by atoms with Gasteiger partial charge < -0.3 is 34.9 Å². The average Bonchev–Trinajstić information content (AvgIpc) is 3.50. The van der Waals surface area contributed by atoms with Crippen molar-refractivity contribution >= 4 is 29.6 Å². The quantitative estimate of drug-likeness (QED) is 0.0247. The number of hydrogen-bond donors (Lipinski definition) is 6. The highest BCUT2D eigenvalue weighted by Gasteiger charge is 2.42. The van der Waals surface area contributed by atoms with E-state index in [1.165, 1.54) is 0 Å². The Kier molecular flexibility index (Phi) is 22.8. The van der Waals surface area contributed by atoms with Crippen molar-refractivity contribution in [2.45, 2.75) is 75.6 Å². The number of rotatable bonds is 23. The topological polar surface area (TPSA) is 174 Å². The summed E-state index contributed by atoms with van der Waals surface area (Å²) < 4.78 is 21.2. The minimum absolute atomic E-state index is 0.00264. The van der Waals surface area contributed by atoms with E-state index in [4.69, 9.17) is 24.8 Å². The number of amides is 4. The third-order valence-corrected chi connectivity index (χ3v) is 7.61. The van der Waals surface area contributed by atoms with Crippen molar-refractivity contribution in [1.29, 1.82) is 0 Å². The van der Waals surface area contributed by atoms with Crippen LogP contribution in [0.25, 0.3) is 0 Å². The molecule has 0 aliphatic carbocycles. The summed E-state index contributed by atoms with van der Waals surface area (Å²) >= 11 is 1.92. The zero-order chi connectivity index (χ0) is 29.3. The Morgan fingerprint density at radius 3 is 2.33 bits per heavy atom. The maximum atomic E-state index is 11.9. The fourth-order valence-electron chi connectivity index (χ4n) is 3.99. The van der Waals surface area contributed by atoms with Crippen LogP contribution in [-0.2, 0) is 28.5 Å². The fourth-order valence-corrected chi connectivity index (χ4v) is 5.53. The van der Waals surface area contributed by atoms with E-state index in [-0.39, 0.29) is 36.5 Å². The number of carbonyl (C=O) groups excluding carboxylic acids is 3. The SMILES string of the molecule is CCCCOCCOCCCOCCCNC(=O)CCCCC1SCC2NC(=O)NC21.CNCOCC(=O)NN. The van der Waals surface area contributed by atoms with Crippen LogP contribution < -0.4 is 32.5 Å². The van der Waals surface area contributed by atoms with Crippen molar-refractivity contribution in [2.75, 3.05) is 72.3 Å². The number of nitrogens with two attached hydrogens (primary N) is 1. The van der Waals surface area contributed by atoms with Crippen molar-refractivity contribution in [3.05, 3.63) is 0 Å². The van der Waals surface area contributed by atoms with Crippen molar-refractivity contribution < 1.29 is 33.3 Å². The molecule has 40 heavy (non-hydrogen) atoms. The Balaban J connectivity index is 0.000000763. The zero-order valence-corrected chi connectivity index (χ0v) is 25.1. The Morgan fingerprint density at radius 1 is 0.925 bits per heavy atom. The molecule has 0 aromatic heterocycles. The molecule has 3 unspecified atom stereocenters. The molecule has 0 saturated carbocycles. The lowest BCUT2D eigenvalue weighted by Crippen LogP contribution is -2.36. The molecular formula is C26H52N6O7S. The van der Waals surface area contributed by atoms with Crippen molar-refractivity contribution in [3.63, 3.8) is 0 Å². The molecule has 2 heterocycles. The molecule has 234 valence electrons. The number of urea groups is 1. The monoisotopic (exact) mass is 592 g/mol. The molecule has 0 aromatic carbocycles. The van der Waals surface area contributed by atoms with Gasteiger partial charge in [-0.05, 0) is 39.2 Å². The molecule has 3 atom stereocenters. The Bertz CT molecular complexity index is 679. The van der Waals surface area contributed by atoms with Gasteiger partial charge in [-0.3, -0.25) is 20.3 Å². The van der Waals surface area contributed by atoms with Gasteiger partial charge in [0.1, 0.15) is 6.61 Å². The molecule has 2 aliphatic rings. The number of carbonyl (C=O) groups is 3. The Hall–Kier alpha value is -1.68. The first-order valence-electron chi connectivity index (χ1n) is 14.4. The number of nitrogens with one attached hydrogen (secondary N) is 5. The van der Waals surface area contributed by atoms with Gasteiger partial charge in [-0.25, -0.2) is 10.6 Å². The third-order valence-electron chi connectivity index (χ3n) is 6.10. The minimum Gasteiger partial charge on any atom is -0.381 e. The molecular weight excluding hydrogens is 540 g/mol. The molecule has 0 bridgehead atoms. The van der Waals surface area contributed by atoms with Crippen LogP contribution in [0.3, 0.4) is 0 Å². The summed E-state index contributed by atoms with van der Waals surface area (Å²) in [6.07, 6.45) is 7.48. The van der Waals surface area contributed by atoms with Crippen LogP contribution in [0.4, 0.5) is 4.79 Å². The van der Waals surface area contributed by atoms with E-state index >= 15 is 0 Å². The largest absolute Gasteiger partial charge is 0.381 e. The molecule has 2 rings (SSSR count). The minimum atomic E-state index is -0.328. The first kappa shape index (κ1) is 36.3. The number of thioether (sulfide) groups is 1. The van der Waals surface area contributed by atoms with E-state index in [1.54, 1.807) is 7.05 Å². The standard InChI is InChI=1S/C22H41N3O5S.C4H11N3O2/c1-2-3-11-29-15-16-30-14-7-13-28-12-6-10-23-20(26)9-5-4-8-19-21-18(17-31-19)24-22(27)25-21;1-6-3-9-2-4(8)7-5/h18-19,21H,2-17H2,1H3,(H,23,26)(H2,24,25,27);6H,2-3,5H2,1H3,(H,7,8). The van der Waals surface area contributed by atoms with Crippen molar-refractivity contribution in [3.8, 4) is 0 Å². The van der Waals surface area contributed by atoms with Gasteiger partial charge in [-0.2, -0.15) is 11.8 Å². The zero-order valence-electron chi connectivity index (χ0n) is 24.3. The summed E-state index contributed by atoms with van der Waals surface area (Å²) in [5, 5.41) is 12.1. The molecule has 2 fully saturated rings. The van der Waals surface area contributed by atoms with Gasteiger partial charge in [-0.15, -0.1) is 0 Å². The van der Waals surface area contributed by atoms with Crippen LogP contribution in [0.1, 0.15) is 58.3 Å². The highest BCUT2D eigenvalue weighted by atomic mass is 32.2. The van der Waals surface area contributed by atoms with Gasteiger partial charge in [-0.1, -0.05) is 19.8 Å². The summed E-state index contributed by atoms with van der Waals surface area (Å²) in [6, 6.07) is 0.484. The van der Waals surface area contributed by atoms with Crippen molar-refractivity contribution in [2.24, 2.45) is 5.84 Å². The molecule has 0 spiro atoms. The third kappa shape index (κ3) is 18.6. The summed E-state index contributed by atoms with van der Waals surface area (Å²) in [4.78, 5) is 33.6. The van der Waals surface area contributed by atoms with E-state index < -0.39 is 0 Å². The second kappa shape index (κ2) is 25.1. The predicted molar refractivity (Wildman–Crippen MR) is 156 cm³/mol. The molecule has 0 radical (unpaired) electrons. The van der Waals surface area contributed by atoms with Crippen LogP contribution >= 0.6 is 11.8 Å². The molecule has 4 amide bonds. The van der Waals surface area contributed by atoms with Gasteiger partial charge >= 0.3 is 6.03 Å². The summed E-state index contributed by atoms with van der Waals surface area (Å²) in [5.41, 5.74) is 1.93. The predicted octanol–water partition coefficient (Wildman–Crippen LogP) is 0.628. The second-order valence-electron chi connectivity index (χ2n) is 9.53. The van der Waals surface area contributed by atoms with Crippen LogP contribution in [0.15, 0.2) is 0 Å². The first-order chi connectivity index (χ1) is 19.5. The lowest BCUT2D eigenvalue weighted by Gasteiger charge is -2.16. The molecule has 14 heteroatoms. The number of unbranched alkanes of at least 4 members (excludes halogenated alkanes) is 2. The van der Waals surface area contributed by atoms with Crippen molar-refractivity contribution in [1.82, 2.24) is 26.7 Å². The number of ether oxygens (including phenoxy) is 4. The average molecular weight is 593 g/mol. The van der Waals surface area contributed by atoms with Crippen LogP contribution in [0, 0.1) is 0 Å². The van der Waals surface area contributed by atoms with Gasteiger partial charge in [0, 0.05) is 50.4 Å². The van der Waals surface area contributed by atoms with Crippen LogP contribution in [-0.4, -0.2) is 108 Å². The Morgan fingerprint density at radius 2 is 1.62 bits per heavy atom. The highest BCUT2D eigenvalue weighted by molar-refractivity contribution is 8.00. The lowest BCUT2D eigenvalue weighted by atomic mass is 10.0. The van der Waals surface area contributed by atoms with Gasteiger partial charge in [0.05, 0.1) is 32.0 Å². The van der Waals surface area contributed by atoms with E-state index in [2.05, 4.69) is 28.2 Å². The maximum absolute atomic E-state index is 11.9. The molecule has 13 nitrogen and oxygen atoms in total. The number of hydrogen-bond acceptors (Lipinski definition) is 10. The summed E-state index contributed by atoms with van der Waals surface area (Å²) in [5.74, 6) is 5.52. The van der Waals surface area contributed by atoms with Gasteiger partial charge in [0.15, 0.2) is 0 Å². The van der Waals surface area contributed by atoms with E-state index in [9.17, 15) is 14.4 Å². The lowest BCUT2D eigenvalue weighted by molar-refractivity contribution is -0.126. The van der Waals surface area contributed by atoms with E-state index in [0.717, 1.165) is 57.3 Å². The van der Waals surface area contributed by atoms with Crippen LogP contribution in [0.2, 0.25) is 0 Å². The smallest absolute Gasteiger partial charge is 0.315 e. The van der Waals surface area contributed by atoms with Gasteiger partial charge in [0.25, 0.3) is 5.91 Å². The molecule has 7 N–H and O–H groups in total. The molecule has 0 aromatic rings. The number of hydrazine groups is 1. The summed E-state index contributed by atoms with van der Waals surface area (Å²) in [6.45, 7) is 7.31. The molecule has 2 saturated heterocycles. The first-order valence-corrected chi connectivity index (χ1v) is 15.5. The Labute approximate surface area is 243 Å². The molecule has 2 aliphatic heterocycles. The van der Waals surface area contributed by atoms with E-state index in [1.807, 2.05) is 17.2 Å². The number of fused-ring (bicyclic) bond motifs is 1.